The third-order valence-electron chi connectivity index (χ3n) is 2.83. The molecule has 0 saturated heterocycles. The number of aryl methyl sites for hydroxylation is 1. The molecule has 2 aromatic rings. The van der Waals surface area contributed by atoms with Gasteiger partial charge in [-0.05, 0) is 24.1 Å². The Hall–Kier alpha value is -1.68. The van der Waals surface area contributed by atoms with Gasteiger partial charge in [-0.15, -0.1) is 0 Å². The third kappa shape index (κ3) is 3.64. The largest absolute Gasteiger partial charge is 0.366 e. The lowest BCUT2D eigenvalue weighted by Crippen LogP contribution is -2.06. The molecule has 0 atom stereocenters. The smallest absolute Gasteiger partial charge is 0.135 e. The van der Waals surface area contributed by atoms with Gasteiger partial charge in [0.1, 0.15) is 16.8 Å². The van der Waals surface area contributed by atoms with Gasteiger partial charge >= 0.3 is 0 Å². The number of anilines is 1. The number of halogens is 1. The van der Waals surface area contributed by atoms with Gasteiger partial charge in [0.25, 0.3) is 0 Å². The van der Waals surface area contributed by atoms with E-state index in [1.807, 2.05) is 33.0 Å². The molecule has 0 spiro atoms. The second kappa shape index (κ2) is 5.97. The molecule has 5 heteroatoms. The van der Waals surface area contributed by atoms with Gasteiger partial charge in [0.05, 0.1) is 0 Å². The summed E-state index contributed by atoms with van der Waals surface area (Å²) in [5, 5.41) is 3.74. The van der Waals surface area contributed by atoms with Gasteiger partial charge in [-0.2, -0.15) is 0 Å². The molecule has 0 bridgehead atoms. The van der Waals surface area contributed by atoms with Crippen LogP contribution < -0.4 is 5.32 Å². The SMILES string of the molecule is Cc1cnccc1CNc1cc(Cl)nc(C(C)C)n1. The van der Waals surface area contributed by atoms with E-state index in [1.165, 1.54) is 5.56 Å². The lowest BCUT2D eigenvalue weighted by Gasteiger charge is -2.10. The van der Waals surface area contributed by atoms with Crippen LogP contribution in [0.5, 0.6) is 0 Å². The first kappa shape index (κ1) is 13.7. The highest BCUT2D eigenvalue weighted by atomic mass is 35.5. The molecular formula is C14H17ClN4. The molecule has 19 heavy (non-hydrogen) atoms. The van der Waals surface area contributed by atoms with Crippen LogP contribution in [0.25, 0.3) is 0 Å². The lowest BCUT2D eigenvalue weighted by atomic mass is 10.1. The molecular weight excluding hydrogens is 260 g/mol. The van der Waals surface area contributed by atoms with Crippen LogP contribution in [-0.2, 0) is 6.54 Å². The van der Waals surface area contributed by atoms with Gasteiger partial charge in [-0.25, -0.2) is 9.97 Å². The zero-order valence-electron chi connectivity index (χ0n) is 11.3. The molecule has 0 amide bonds. The molecule has 2 aromatic heterocycles. The van der Waals surface area contributed by atoms with E-state index in [2.05, 4.69) is 20.3 Å². The maximum atomic E-state index is 6.01. The first-order valence-corrected chi connectivity index (χ1v) is 6.62. The van der Waals surface area contributed by atoms with Crippen molar-refractivity contribution >= 4 is 17.4 Å². The van der Waals surface area contributed by atoms with Crippen LogP contribution in [0.1, 0.15) is 36.7 Å². The van der Waals surface area contributed by atoms with E-state index in [0.717, 1.165) is 17.2 Å². The third-order valence-corrected chi connectivity index (χ3v) is 3.02. The number of hydrogen-bond donors (Lipinski definition) is 1. The first-order chi connectivity index (χ1) is 9.06. The fourth-order valence-electron chi connectivity index (χ4n) is 1.67. The molecule has 100 valence electrons. The van der Waals surface area contributed by atoms with Crippen molar-refractivity contribution in [2.24, 2.45) is 0 Å². The number of nitrogens with one attached hydrogen (secondary N) is 1. The second-order valence-electron chi connectivity index (χ2n) is 4.74. The van der Waals surface area contributed by atoms with Crippen molar-refractivity contribution < 1.29 is 0 Å². The highest BCUT2D eigenvalue weighted by molar-refractivity contribution is 6.29. The van der Waals surface area contributed by atoms with E-state index in [1.54, 1.807) is 12.3 Å². The fourth-order valence-corrected chi connectivity index (χ4v) is 1.86. The molecule has 4 nitrogen and oxygen atoms in total. The number of pyridine rings is 1. The number of aromatic nitrogens is 3. The van der Waals surface area contributed by atoms with Gasteiger partial charge in [0.2, 0.25) is 0 Å². The number of rotatable bonds is 4. The average molecular weight is 277 g/mol. The minimum absolute atomic E-state index is 0.252. The van der Waals surface area contributed by atoms with Crippen LogP contribution in [0.15, 0.2) is 24.5 Å². The Morgan fingerprint density at radius 3 is 2.79 bits per heavy atom. The topological polar surface area (TPSA) is 50.7 Å². The van der Waals surface area contributed by atoms with Crippen molar-refractivity contribution in [1.29, 1.82) is 0 Å². The predicted molar refractivity (Wildman–Crippen MR) is 77.4 cm³/mol. The summed E-state index contributed by atoms with van der Waals surface area (Å²) < 4.78 is 0. The van der Waals surface area contributed by atoms with Crippen molar-refractivity contribution in [3.8, 4) is 0 Å². The van der Waals surface area contributed by atoms with Crippen molar-refractivity contribution in [1.82, 2.24) is 15.0 Å². The van der Waals surface area contributed by atoms with E-state index in [4.69, 9.17) is 11.6 Å². The van der Waals surface area contributed by atoms with E-state index in [0.29, 0.717) is 11.7 Å². The zero-order valence-corrected chi connectivity index (χ0v) is 12.1. The molecule has 0 radical (unpaired) electrons. The molecule has 0 aromatic carbocycles. The monoisotopic (exact) mass is 276 g/mol. The van der Waals surface area contributed by atoms with Gasteiger partial charge in [-0.1, -0.05) is 25.4 Å². The molecule has 0 unspecified atom stereocenters. The molecule has 0 aliphatic rings. The Kier molecular flexibility index (Phi) is 4.32. The fraction of sp³-hybridized carbons (Fsp3) is 0.357. The van der Waals surface area contributed by atoms with Crippen molar-refractivity contribution in [3.63, 3.8) is 0 Å². The Balaban J connectivity index is 2.14. The van der Waals surface area contributed by atoms with Gasteiger partial charge in [-0.3, -0.25) is 4.98 Å². The normalized spacial score (nSPS) is 10.8. The first-order valence-electron chi connectivity index (χ1n) is 6.24. The highest BCUT2D eigenvalue weighted by Crippen LogP contribution is 2.17. The molecule has 0 fully saturated rings. The summed E-state index contributed by atoms with van der Waals surface area (Å²) in [6.07, 6.45) is 3.64. The van der Waals surface area contributed by atoms with Crippen molar-refractivity contribution in [2.75, 3.05) is 5.32 Å². The van der Waals surface area contributed by atoms with Crippen LogP contribution >= 0.6 is 11.6 Å². The summed E-state index contributed by atoms with van der Waals surface area (Å²) >= 11 is 6.01. The van der Waals surface area contributed by atoms with Crippen LogP contribution in [0.3, 0.4) is 0 Å². The summed E-state index contributed by atoms with van der Waals surface area (Å²) in [5.74, 6) is 1.75. The zero-order chi connectivity index (χ0) is 13.8. The van der Waals surface area contributed by atoms with Crippen LogP contribution in [0.4, 0.5) is 5.82 Å². The van der Waals surface area contributed by atoms with Gasteiger partial charge in [0.15, 0.2) is 0 Å². The van der Waals surface area contributed by atoms with E-state index in [9.17, 15) is 0 Å². The van der Waals surface area contributed by atoms with E-state index in [-0.39, 0.29) is 5.92 Å². The second-order valence-corrected chi connectivity index (χ2v) is 5.13. The summed E-state index contributed by atoms with van der Waals surface area (Å²) in [6.45, 7) is 6.82. The Bertz CT molecular complexity index is 569. The Morgan fingerprint density at radius 2 is 2.11 bits per heavy atom. The van der Waals surface area contributed by atoms with Crippen LogP contribution in [0.2, 0.25) is 5.15 Å². The van der Waals surface area contributed by atoms with Crippen molar-refractivity contribution in [3.05, 3.63) is 46.6 Å². The summed E-state index contributed by atoms with van der Waals surface area (Å²) in [6, 6.07) is 3.73. The molecule has 0 aliphatic heterocycles. The van der Waals surface area contributed by atoms with Crippen LogP contribution in [0, 0.1) is 6.92 Å². The van der Waals surface area contributed by atoms with E-state index >= 15 is 0 Å². The standard InChI is InChI=1S/C14H17ClN4/c1-9(2)14-18-12(15)6-13(19-14)17-8-11-4-5-16-7-10(11)3/h4-7,9H,8H2,1-3H3,(H,17,18,19). The van der Waals surface area contributed by atoms with Crippen molar-refractivity contribution in [2.45, 2.75) is 33.2 Å². The lowest BCUT2D eigenvalue weighted by molar-refractivity contribution is 0.774. The molecule has 1 N–H and O–H groups in total. The Labute approximate surface area is 118 Å². The molecule has 0 aliphatic carbocycles. The maximum absolute atomic E-state index is 6.01. The molecule has 2 heterocycles. The number of nitrogens with zero attached hydrogens (tertiary/aromatic N) is 3. The molecule has 2 rings (SSSR count). The highest BCUT2D eigenvalue weighted by Gasteiger charge is 2.07. The summed E-state index contributed by atoms with van der Waals surface area (Å²) in [5.41, 5.74) is 2.34. The number of hydrogen-bond acceptors (Lipinski definition) is 4. The maximum Gasteiger partial charge on any atom is 0.135 e. The summed E-state index contributed by atoms with van der Waals surface area (Å²) in [7, 11) is 0. The van der Waals surface area contributed by atoms with E-state index < -0.39 is 0 Å². The predicted octanol–water partition coefficient (Wildman–Crippen LogP) is 3.57. The molecule has 0 saturated carbocycles. The quantitative estimate of drug-likeness (QED) is 0.868. The average Bonchev–Trinajstić information content (AvgIpc) is 2.37. The van der Waals surface area contributed by atoms with Gasteiger partial charge in [0, 0.05) is 30.9 Å². The minimum Gasteiger partial charge on any atom is -0.366 e. The minimum atomic E-state index is 0.252. The summed E-state index contributed by atoms with van der Waals surface area (Å²) in [4.78, 5) is 12.7. The van der Waals surface area contributed by atoms with Crippen LogP contribution in [-0.4, -0.2) is 15.0 Å². The van der Waals surface area contributed by atoms with Gasteiger partial charge < -0.3 is 5.32 Å². The Morgan fingerprint density at radius 1 is 1.32 bits per heavy atom.